The SMILES string of the molecule is CC1(C)c2cccnc2C(=O)C(c2ccc(Br)cc2C(F)(F)F)S1(=O)=O. The van der Waals surface area contributed by atoms with Crippen molar-refractivity contribution in [3.63, 3.8) is 0 Å². The lowest BCUT2D eigenvalue weighted by atomic mass is 9.93. The Bertz CT molecular complexity index is 1020. The molecule has 0 amide bonds. The highest BCUT2D eigenvalue weighted by Gasteiger charge is 2.54. The molecule has 1 unspecified atom stereocenters. The number of alkyl halides is 3. The van der Waals surface area contributed by atoms with Gasteiger partial charge < -0.3 is 0 Å². The van der Waals surface area contributed by atoms with E-state index >= 15 is 0 Å². The maximum Gasteiger partial charge on any atom is 0.416 e. The Morgan fingerprint density at radius 1 is 1.19 bits per heavy atom. The molecule has 9 heteroatoms. The molecule has 1 aliphatic rings. The zero-order chi connectivity index (χ0) is 19.5. The van der Waals surface area contributed by atoms with Crippen LogP contribution >= 0.6 is 15.9 Å². The van der Waals surface area contributed by atoms with E-state index in [1.165, 1.54) is 38.2 Å². The Labute approximate surface area is 156 Å². The van der Waals surface area contributed by atoms with E-state index in [0.29, 0.717) is 0 Å². The van der Waals surface area contributed by atoms with Crippen LogP contribution in [-0.4, -0.2) is 19.2 Å². The van der Waals surface area contributed by atoms with Gasteiger partial charge in [-0.1, -0.05) is 28.1 Å². The van der Waals surface area contributed by atoms with Gasteiger partial charge >= 0.3 is 6.18 Å². The number of sulfone groups is 1. The number of pyridine rings is 1. The van der Waals surface area contributed by atoms with Crippen molar-refractivity contribution in [1.82, 2.24) is 4.98 Å². The number of hydrogen-bond donors (Lipinski definition) is 0. The summed E-state index contributed by atoms with van der Waals surface area (Å²) < 4.78 is 65.4. The fourth-order valence-electron chi connectivity index (χ4n) is 3.11. The average Bonchev–Trinajstić information content (AvgIpc) is 2.54. The molecule has 0 radical (unpaired) electrons. The maximum atomic E-state index is 13.5. The molecule has 0 saturated carbocycles. The van der Waals surface area contributed by atoms with Gasteiger partial charge in [-0.05, 0) is 37.6 Å². The normalized spacial score (nSPS) is 21.3. The maximum absolute atomic E-state index is 13.5. The van der Waals surface area contributed by atoms with E-state index in [4.69, 9.17) is 0 Å². The number of Topliss-reactive ketones (excluding diaryl/α,β-unsaturated/α-hetero) is 1. The molecule has 0 bridgehead atoms. The summed E-state index contributed by atoms with van der Waals surface area (Å²) >= 11 is 2.96. The summed E-state index contributed by atoms with van der Waals surface area (Å²) in [5.74, 6) is -0.951. The molecule has 2 heterocycles. The molecule has 1 atom stereocenters. The number of ketones is 1. The molecule has 1 aromatic heterocycles. The minimum atomic E-state index is -4.82. The molecule has 0 aliphatic carbocycles. The first-order valence-corrected chi connectivity index (χ1v) is 9.83. The van der Waals surface area contributed by atoms with E-state index in [0.717, 1.165) is 12.1 Å². The van der Waals surface area contributed by atoms with Crippen LogP contribution in [0.4, 0.5) is 13.2 Å². The number of aromatic nitrogens is 1. The lowest BCUT2D eigenvalue weighted by molar-refractivity contribution is -0.138. The fourth-order valence-corrected chi connectivity index (χ4v) is 5.47. The highest BCUT2D eigenvalue weighted by Crippen LogP contribution is 2.48. The molecule has 0 N–H and O–H groups in total. The Balaban J connectivity index is 2.36. The van der Waals surface area contributed by atoms with Crippen LogP contribution in [0.15, 0.2) is 41.0 Å². The van der Waals surface area contributed by atoms with Crippen molar-refractivity contribution in [1.29, 1.82) is 0 Å². The fraction of sp³-hybridized carbons (Fsp3) is 0.294. The second kappa shape index (κ2) is 5.88. The summed E-state index contributed by atoms with van der Waals surface area (Å²) in [5, 5.41) is -1.97. The number of carbonyl (C=O) groups is 1. The van der Waals surface area contributed by atoms with Gasteiger partial charge in [0.15, 0.2) is 15.1 Å². The molecule has 0 fully saturated rings. The minimum Gasteiger partial charge on any atom is -0.291 e. The minimum absolute atomic E-state index is 0.117. The molecule has 1 aliphatic heterocycles. The third kappa shape index (κ3) is 2.68. The average molecular weight is 448 g/mol. The Kier molecular flexibility index (Phi) is 4.31. The van der Waals surface area contributed by atoms with Crippen LogP contribution in [0.25, 0.3) is 0 Å². The van der Waals surface area contributed by atoms with E-state index < -0.39 is 42.9 Å². The van der Waals surface area contributed by atoms with Crippen LogP contribution in [0.2, 0.25) is 0 Å². The largest absolute Gasteiger partial charge is 0.416 e. The third-order valence-corrected chi connectivity index (χ3v) is 7.78. The lowest BCUT2D eigenvalue weighted by Gasteiger charge is -2.36. The van der Waals surface area contributed by atoms with Crippen molar-refractivity contribution in [3.05, 3.63) is 63.4 Å². The second-order valence-electron chi connectivity index (χ2n) is 6.43. The summed E-state index contributed by atoms with van der Waals surface area (Å²) in [6.45, 7) is 2.74. The molecule has 3 rings (SSSR count). The van der Waals surface area contributed by atoms with Crippen molar-refractivity contribution in [2.24, 2.45) is 0 Å². The first-order chi connectivity index (χ1) is 11.9. The van der Waals surface area contributed by atoms with Gasteiger partial charge in [0.25, 0.3) is 0 Å². The Morgan fingerprint density at radius 2 is 1.85 bits per heavy atom. The molecular formula is C17H13BrF3NO3S. The molecule has 0 saturated heterocycles. The third-order valence-electron chi connectivity index (χ3n) is 4.55. The summed E-state index contributed by atoms with van der Waals surface area (Å²) in [5.41, 5.74) is -1.68. The van der Waals surface area contributed by atoms with Crippen LogP contribution in [0, 0.1) is 0 Å². The van der Waals surface area contributed by atoms with Crippen LogP contribution < -0.4 is 0 Å². The molecule has 2 aromatic rings. The number of rotatable bonds is 1. The van der Waals surface area contributed by atoms with E-state index in [1.54, 1.807) is 0 Å². The van der Waals surface area contributed by atoms with Gasteiger partial charge in [-0.2, -0.15) is 13.2 Å². The van der Waals surface area contributed by atoms with Crippen LogP contribution in [0.3, 0.4) is 0 Å². The van der Waals surface area contributed by atoms with Crippen molar-refractivity contribution >= 4 is 31.6 Å². The number of benzene rings is 1. The van der Waals surface area contributed by atoms with Crippen LogP contribution in [0.1, 0.15) is 46.3 Å². The number of hydrogen-bond acceptors (Lipinski definition) is 4. The van der Waals surface area contributed by atoms with E-state index in [1.807, 2.05) is 0 Å². The zero-order valence-corrected chi connectivity index (χ0v) is 16.0. The van der Waals surface area contributed by atoms with Gasteiger partial charge in [-0.3, -0.25) is 9.78 Å². The highest BCUT2D eigenvalue weighted by atomic mass is 79.9. The molecular weight excluding hydrogens is 435 g/mol. The molecule has 0 spiro atoms. The first kappa shape index (κ1) is 19.0. The number of halogens is 4. The summed E-state index contributed by atoms with van der Waals surface area (Å²) in [4.78, 5) is 16.8. The summed E-state index contributed by atoms with van der Waals surface area (Å²) in [6, 6.07) is 6.04. The number of nitrogens with zero attached hydrogens (tertiary/aromatic N) is 1. The van der Waals surface area contributed by atoms with Gasteiger partial charge in [-0.15, -0.1) is 0 Å². The summed E-state index contributed by atoms with van der Waals surface area (Å²) in [7, 11) is -4.32. The predicted octanol–water partition coefficient (Wildman–Crippen LogP) is 4.45. The molecule has 26 heavy (non-hydrogen) atoms. The van der Waals surface area contributed by atoms with Crippen LogP contribution in [-0.2, 0) is 20.8 Å². The second-order valence-corrected chi connectivity index (χ2v) is 9.93. The zero-order valence-electron chi connectivity index (χ0n) is 13.6. The van der Waals surface area contributed by atoms with Crippen molar-refractivity contribution in [2.45, 2.75) is 30.0 Å². The number of carbonyl (C=O) groups excluding carboxylic acids is 1. The van der Waals surface area contributed by atoms with Crippen LogP contribution in [0.5, 0.6) is 0 Å². The van der Waals surface area contributed by atoms with Gasteiger partial charge in [0.05, 0.1) is 10.3 Å². The molecule has 1 aromatic carbocycles. The Hall–Kier alpha value is -1.74. The predicted molar refractivity (Wildman–Crippen MR) is 92.4 cm³/mol. The smallest absolute Gasteiger partial charge is 0.291 e. The van der Waals surface area contributed by atoms with Gasteiger partial charge in [0.1, 0.15) is 5.69 Å². The standard InChI is InChI=1S/C17H13BrF3NO3S/c1-16(2)11-4-3-7-22-13(11)14(23)15(26(16,24)25)10-6-5-9(18)8-12(10)17(19,20)21/h3-8,15H,1-2H3. The van der Waals surface area contributed by atoms with E-state index in [-0.39, 0.29) is 15.7 Å². The first-order valence-electron chi connectivity index (χ1n) is 7.49. The van der Waals surface area contributed by atoms with Gasteiger partial charge in [-0.25, -0.2) is 8.42 Å². The Morgan fingerprint density at radius 3 is 2.46 bits per heavy atom. The van der Waals surface area contributed by atoms with Gasteiger partial charge in [0, 0.05) is 16.2 Å². The van der Waals surface area contributed by atoms with E-state index in [9.17, 15) is 26.4 Å². The molecule has 138 valence electrons. The molecule has 4 nitrogen and oxygen atoms in total. The summed E-state index contributed by atoms with van der Waals surface area (Å²) in [6.07, 6.45) is -3.50. The highest BCUT2D eigenvalue weighted by molar-refractivity contribution is 9.10. The van der Waals surface area contributed by atoms with Gasteiger partial charge in [0.2, 0.25) is 5.78 Å². The van der Waals surface area contributed by atoms with Crippen molar-refractivity contribution < 1.29 is 26.4 Å². The quantitative estimate of drug-likeness (QED) is 0.647. The van der Waals surface area contributed by atoms with Crippen molar-refractivity contribution in [2.75, 3.05) is 0 Å². The lowest BCUT2D eigenvalue weighted by Crippen LogP contribution is -2.43. The number of fused-ring (bicyclic) bond motifs is 1. The monoisotopic (exact) mass is 447 g/mol. The topological polar surface area (TPSA) is 64.1 Å². The van der Waals surface area contributed by atoms with E-state index in [2.05, 4.69) is 20.9 Å². The van der Waals surface area contributed by atoms with Crippen molar-refractivity contribution in [3.8, 4) is 0 Å².